The maximum atomic E-state index is 12.5. The lowest BCUT2D eigenvalue weighted by atomic mass is 9.89. The molecule has 1 aromatic heterocycles. The largest absolute Gasteiger partial charge is 0.481 e. The lowest BCUT2D eigenvalue weighted by Gasteiger charge is -2.16. The summed E-state index contributed by atoms with van der Waals surface area (Å²) in [6.07, 6.45) is 0.354. The molecule has 2 heterocycles. The highest BCUT2D eigenvalue weighted by Gasteiger charge is 2.40. The molecule has 23 heavy (non-hydrogen) atoms. The van der Waals surface area contributed by atoms with Gasteiger partial charge in [0.25, 0.3) is 0 Å². The average molecular weight is 329 g/mol. The van der Waals surface area contributed by atoms with Crippen molar-refractivity contribution in [2.75, 3.05) is 13.1 Å². The van der Waals surface area contributed by atoms with Crippen LogP contribution in [-0.2, 0) is 16.0 Å². The smallest absolute Gasteiger partial charge is 0.308 e. The number of carbonyl (C=O) groups is 2. The second kappa shape index (κ2) is 6.54. The Kier molecular flexibility index (Phi) is 4.48. The van der Waals surface area contributed by atoms with Crippen LogP contribution in [-0.4, -0.2) is 35.0 Å². The van der Waals surface area contributed by atoms with Gasteiger partial charge in [-0.2, -0.15) is 0 Å². The zero-order valence-corrected chi connectivity index (χ0v) is 13.8. The van der Waals surface area contributed by atoms with Gasteiger partial charge in [-0.25, -0.2) is 0 Å². The molecule has 1 N–H and O–H groups in total. The highest BCUT2D eigenvalue weighted by Crippen LogP contribution is 2.33. The summed E-state index contributed by atoms with van der Waals surface area (Å²) < 4.78 is 0. The van der Waals surface area contributed by atoms with Gasteiger partial charge in [0.1, 0.15) is 0 Å². The van der Waals surface area contributed by atoms with Crippen LogP contribution in [0.4, 0.5) is 0 Å². The third-order valence-electron chi connectivity index (χ3n) is 4.34. The fourth-order valence-corrected chi connectivity index (χ4v) is 4.02. The SMILES string of the molecule is Cc1ccc(CC(=O)N2CC(C(=O)O)C(c3ccccc3)C2)s1. The predicted octanol–water partition coefficient (Wildman–Crippen LogP) is 2.93. The summed E-state index contributed by atoms with van der Waals surface area (Å²) in [5.74, 6) is -1.49. The fraction of sp³-hybridized carbons (Fsp3) is 0.333. The van der Waals surface area contributed by atoms with Gasteiger partial charge in [0.05, 0.1) is 12.3 Å². The van der Waals surface area contributed by atoms with E-state index in [0.717, 1.165) is 10.4 Å². The number of carbonyl (C=O) groups excluding carboxylic acids is 1. The van der Waals surface area contributed by atoms with Gasteiger partial charge in [0.2, 0.25) is 5.91 Å². The van der Waals surface area contributed by atoms with Crippen molar-refractivity contribution in [2.45, 2.75) is 19.3 Å². The van der Waals surface area contributed by atoms with E-state index < -0.39 is 11.9 Å². The van der Waals surface area contributed by atoms with E-state index in [4.69, 9.17) is 0 Å². The van der Waals surface area contributed by atoms with Crippen LogP contribution in [0.25, 0.3) is 0 Å². The van der Waals surface area contributed by atoms with Gasteiger partial charge in [0, 0.05) is 28.8 Å². The monoisotopic (exact) mass is 329 g/mol. The molecular formula is C18H19NO3S. The van der Waals surface area contributed by atoms with Gasteiger partial charge >= 0.3 is 5.97 Å². The normalized spacial score (nSPS) is 20.7. The molecule has 2 aromatic rings. The van der Waals surface area contributed by atoms with Crippen LogP contribution in [0.2, 0.25) is 0 Å². The predicted molar refractivity (Wildman–Crippen MR) is 89.6 cm³/mol. The first-order valence-electron chi connectivity index (χ1n) is 7.65. The van der Waals surface area contributed by atoms with Crippen molar-refractivity contribution in [1.29, 1.82) is 0 Å². The Labute approximate surface area is 139 Å². The van der Waals surface area contributed by atoms with Crippen LogP contribution in [0.15, 0.2) is 42.5 Å². The van der Waals surface area contributed by atoms with Crippen molar-refractivity contribution in [3.63, 3.8) is 0 Å². The van der Waals surface area contributed by atoms with Crippen LogP contribution in [0.3, 0.4) is 0 Å². The summed E-state index contributed by atoms with van der Waals surface area (Å²) in [6, 6.07) is 13.6. The first kappa shape index (κ1) is 15.7. The van der Waals surface area contributed by atoms with Gasteiger partial charge in [-0.1, -0.05) is 30.3 Å². The molecule has 3 rings (SSSR count). The first-order valence-corrected chi connectivity index (χ1v) is 8.47. The van der Waals surface area contributed by atoms with Crippen molar-refractivity contribution in [2.24, 2.45) is 5.92 Å². The molecule has 0 bridgehead atoms. The first-order chi connectivity index (χ1) is 11.0. The zero-order valence-electron chi connectivity index (χ0n) is 12.9. The number of carboxylic acids is 1. The lowest BCUT2D eigenvalue weighted by Crippen LogP contribution is -2.31. The summed E-state index contributed by atoms with van der Waals surface area (Å²) in [4.78, 5) is 28.0. The lowest BCUT2D eigenvalue weighted by molar-refractivity contribution is -0.141. The Balaban J connectivity index is 1.74. The van der Waals surface area contributed by atoms with Crippen LogP contribution in [0, 0.1) is 12.8 Å². The number of aliphatic carboxylic acids is 1. The van der Waals surface area contributed by atoms with Crippen molar-refractivity contribution >= 4 is 23.2 Å². The van der Waals surface area contributed by atoms with E-state index in [1.807, 2.05) is 49.4 Å². The molecule has 1 aromatic carbocycles. The summed E-state index contributed by atoms with van der Waals surface area (Å²) in [5, 5.41) is 9.50. The van der Waals surface area contributed by atoms with Crippen LogP contribution < -0.4 is 0 Å². The highest BCUT2D eigenvalue weighted by atomic mass is 32.1. The van der Waals surface area contributed by atoms with E-state index in [1.54, 1.807) is 16.2 Å². The minimum absolute atomic E-state index is 0.0107. The molecule has 0 spiro atoms. The van der Waals surface area contributed by atoms with Crippen LogP contribution in [0.1, 0.15) is 21.2 Å². The van der Waals surface area contributed by atoms with Gasteiger partial charge < -0.3 is 10.0 Å². The molecule has 2 atom stereocenters. The number of likely N-dealkylation sites (tertiary alicyclic amines) is 1. The van der Waals surface area contributed by atoms with Gasteiger partial charge in [-0.05, 0) is 24.6 Å². The molecule has 1 saturated heterocycles. The number of benzene rings is 1. The zero-order chi connectivity index (χ0) is 16.4. The van der Waals surface area contributed by atoms with E-state index in [2.05, 4.69) is 0 Å². The Bertz CT molecular complexity index is 710. The molecule has 0 aliphatic carbocycles. The second-order valence-corrected chi connectivity index (χ2v) is 7.32. The minimum Gasteiger partial charge on any atom is -0.481 e. The number of rotatable bonds is 4. The third-order valence-corrected chi connectivity index (χ3v) is 5.34. The van der Waals surface area contributed by atoms with Crippen molar-refractivity contribution < 1.29 is 14.7 Å². The van der Waals surface area contributed by atoms with Crippen LogP contribution in [0.5, 0.6) is 0 Å². The molecule has 2 unspecified atom stereocenters. The standard InChI is InChI=1S/C18H19NO3S/c1-12-7-8-14(23-12)9-17(20)19-10-15(16(11-19)18(21)22)13-5-3-2-4-6-13/h2-8,15-16H,9-11H2,1H3,(H,21,22). The Morgan fingerprint density at radius 2 is 1.91 bits per heavy atom. The van der Waals surface area contributed by atoms with E-state index in [0.29, 0.717) is 13.0 Å². The topological polar surface area (TPSA) is 57.6 Å². The van der Waals surface area contributed by atoms with Crippen molar-refractivity contribution in [1.82, 2.24) is 4.90 Å². The van der Waals surface area contributed by atoms with E-state index in [-0.39, 0.29) is 18.4 Å². The van der Waals surface area contributed by atoms with Gasteiger partial charge in [-0.15, -0.1) is 11.3 Å². The number of amides is 1. The molecule has 0 radical (unpaired) electrons. The average Bonchev–Trinajstić information content (AvgIpc) is 3.15. The van der Waals surface area contributed by atoms with Crippen molar-refractivity contribution in [3.8, 4) is 0 Å². The van der Waals surface area contributed by atoms with Gasteiger partial charge in [0.15, 0.2) is 0 Å². The maximum Gasteiger partial charge on any atom is 0.308 e. The minimum atomic E-state index is -0.832. The van der Waals surface area contributed by atoms with Crippen LogP contribution >= 0.6 is 11.3 Å². The highest BCUT2D eigenvalue weighted by molar-refractivity contribution is 7.12. The molecule has 5 heteroatoms. The molecular weight excluding hydrogens is 310 g/mol. The molecule has 1 aliphatic rings. The Morgan fingerprint density at radius 3 is 2.52 bits per heavy atom. The summed E-state index contributed by atoms with van der Waals surface area (Å²) >= 11 is 1.62. The number of aryl methyl sites for hydroxylation is 1. The van der Waals surface area contributed by atoms with E-state index >= 15 is 0 Å². The molecule has 1 fully saturated rings. The summed E-state index contributed by atoms with van der Waals surface area (Å²) in [7, 11) is 0. The molecule has 0 saturated carbocycles. The van der Waals surface area contributed by atoms with Crippen molar-refractivity contribution in [3.05, 3.63) is 57.8 Å². The Hall–Kier alpha value is -2.14. The third kappa shape index (κ3) is 3.45. The molecule has 4 nitrogen and oxygen atoms in total. The number of thiophene rings is 1. The van der Waals surface area contributed by atoms with Gasteiger partial charge in [-0.3, -0.25) is 9.59 Å². The number of nitrogens with zero attached hydrogens (tertiary/aromatic N) is 1. The number of hydrogen-bond donors (Lipinski definition) is 1. The fourth-order valence-electron chi connectivity index (χ4n) is 3.14. The quantitative estimate of drug-likeness (QED) is 0.938. The second-order valence-electron chi connectivity index (χ2n) is 5.95. The number of carboxylic acid groups (broad SMARTS) is 1. The van der Waals surface area contributed by atoms with E-state index in [1.165, 1.54) is 4.88 Å². The molecule has 120 valence electrons. The number of hydrogen-bond acceptors (Lipinski definition) is 3. The molecule has 1 aliphatic heterocycles. The summed E-state index contributed by atoms with van der Waals surface area (Å²) in [6.45, 7) is 2.78. The molecule has 1 amide bonds. The maximum absolute atomic E-state index is 12.5. The summed E-state index contributed by atoms with van der Waals surface area (Å²) in [5.41, 5.74) is 0.988. The Morgan fingerprint density at radius 1 is 1.17 bits per heavy atom. The van der Waals surface area contributed by atoms with E-state index in [9.17, 15) is 14.7 Å².